The molecule has 1 fully saturated rings. The lowest BCUT2D eigenvalue weighted by Crippen LogP contribution is -2.39. The molecule has 0 aromatic rings. The Hall–Kier alpha value is -0.0800. The quantitative estimate of drug-likeness (QED) is 0.724. The summed E-state index contributed by atoms with van der Waals surface area (Å²) in [5.74, 6) is 0. The highest BCUT2D eigenvalue weighted by Gasteiger charge is 2.20. The lowest BCUT2D eigenvalue weighted by molar-refractivity contribution is 0.144. The first kappa shape index (κ1) is 11.0. The van der Waals surface area contributed by atoms with Gasteiger partial charge in [-0.3, -0.25) is 0 Å². The van der Waals surface area contributed by atoms with Crippen LogP contribution in [0, 0.1) is 0 Å². The highest BCUT2D eigenvalue weighted by atomic mass is 15.2. The van der Waals surface area contributed by atoms with Gasteiger partial charge in [0.15, 0.2) is 0 Å². The topological polar surface area (TPSA) is 29.3 Å². The number of hydrogen-bond donors (Lipinski definition) is 1. The molecule has 1 aliphatic rings. The van der Waals surface area contributed by atoms with Gasteiger partial charge in [-0.05, 0) is 45.7 Å². The van der Waals surface area contributed by atoms with E-state index in [9.17, 15) is 0 Å². The van der Waals surface area contributed by atoms with E-state index in [1.807, 2.05) is 0 Å². The Bertz CT molecular complexity index is 134. The monoisotopic (exact) mass is 184 g/mol. The van der Waals surface area contributed by atoms with Crippen molar-refractivity contribution >= 4 is 0 Å². The first-order valence-corrected chi connectivity index (χ1v) is 5.73. The van der Waals surface area contributed by atoms with E-state index in [0.29, 0.717) is 6.04 Å². The van der Waals surface area contributed by atoms with Crippen LogP contribution in [0.15, 0.2) is 0 Å². The molecule has 2 unspecified atom stereocenters. The van der Waals surface area contributed by atoms with Crippen LogP contribution < -0.4 is 5.73 Å². The van der Waals surface area contributed by atoms with Gasteiger partial charge in [-0.2, -0.15) is 0 Å². The summed E-state index contributed by atoms with van der Waals surface area (Å²) in [5.41, 5.74) is 5.78. The Morgan fingerprint density at radius 2 is 2.23 bits per heavy atom. The van der Waals surface area contributed by atoms with Crippen molar-refractivity contribution in [2.24, 2.45) is 5.73 Å². The fourth-order valence-corrected chi connectivity index (χ4v) is 2.26. The van der Waals surface area contributed by atoms with Gasteiger partial charge in [-0.25, -0.2) is 0 Å². The molecule has 2 nitrogen and oxygen atoms in total. The van der Waals surface area contributed by atoms with Crippen molar-refractivity contribution in [2.45, 2.75) is 58.0 Å². The van der Waals surface area contributed by atoms with Gasteiger partial charge in [0, 0.05) is 12.1 Å². The van der Waals surface area contributed by atoms with Crippen molar-refractivity contribution in [3.8, 4) is 0 Å². The summed E-state index contributed by atoms with van der Waals surface area (Å²) in [5, 5.41) is 0. The predicted octanol–water partition coefficient (Wildman–Crippen LogP) is 1.99. The largest absolute Gasteiger partial charge is 0.328 e. The maximum absolute atomic E-state index is 5.78. The Labute approximate surface area is 82.5 Å². The third kappa shape index (κ3) is 3.65. The van der Waals surface area contributed by atoms with Crippen LogP contribution in [0.1, 0.15) is 46.0 Å². The molecule has 1 rings (SSSR count). The minimum atomic E-state index is 0.376. The summed E-state index contributed by atoms with van der Waals surface area (Å²) in [6.07, 6.45) is 6.68. The zero-order valence-corrected chi connectivity index (χ0v) is 9.13. The van der Waals surface area contributed by atoms with Crippen molar-refractivity contribution < 1.29 is 0 Å². The van der Waals surface area contributed by atoms with E-state index in [-0.39, 0.29) is 0 Å². The van der Waals surface area contributed by atoms with Gasteiger partial charge >= 0.3 is 0 Å². The summed E-state index contributed by atoms with van der Waals surface area (Å²) in [4.78, 5) is 2.62. The fourth-order valence-electron chi connectivity index (χ4n) is 2.26. The highest BCUT2D eigenvalue weighted by molar-refractivity contribution is 4.76. The minimum absolute atomic E-state index is 0.376. The molecule has 1 saturated heterocycles. The van der Waals surface area contributed by atoms with Gasteiger partial charge in [0.2, 0.25) is 0 Å². The number of hydrogen-bond acceptors (Lipinski definition) is 2. The van der Waals surface area contributed by atoms with Gasteiger partial charge in [0.1, 0.15) is 0 Å². The second kappa shape index (κ2) is 5.61. The van der Waals surface area contributed by atoms with E-state index in [1.165, 1.54) is 45.2 Å². The molecule has 2 heteroatoms. The first-order valence-electron chi connectivity index (χ1n) is 5.73. The van der Waals surface area contributed by atoms with Gasteiger partial charge < -0.3 is 10.6 Å². The van der Waals surface area contributed by atoms with Crippen LogP contribution in [-0.2, 0) is 0 Å². The molecular formula is C11H24N2. The number of likely N-dealkylation sites (tertiary alicyclic amines) is 1. The normalized spacial score (nSPS) is 27.5. The molecular weight excluding hydrogens is 160 g/mol. The number of nitrogens with zero attached hydrogens (tertiary/aromatic N) is 1. The van der Waals surface area contributed by atoms with Crippen molar-refractivity contribution in [3.63, 3.8) is 0 Å². The van der Waals surface area contributed by atoms with Crippen LogP contribution in [0.25, 0.3) is 0 Å². The van der Waals surface area contributed by atoms with Gasteiger partial charge in [-0.15, -0.1) is 0 Å². The van der Waals surface area contributed by atoms with Crippen molar-refractivity contribution in [2.75, 3.05) is 13.1 Å². The summed E-state index contributed by atoms with van der Waals surface area (Å²) in [6.45, 7) is 6.90. The minimum Gasteiger partial charge on any atom is -0.328 e. The predicted molar refractivity (Wildman–Crippen MR) is 57.8 cm³/mol. The number of nitrogens with two attached hydrogens (primary N) is 1. The highest BCUT2D eigenvalue weighted by Crippen LogP contribution is 2.20. The van der Waals surface area contributed by atoms with Crippen LogP contribution in [0.5, 0.6) is 0 Å². The average molecular weight is 184 g/mol. The van der Waals surface area contributed by atoms with E-state index in [2.05, 4.69) is 18.7 Å². The SMILES string of the molecule is CCN1CCCCC1CCC(C)N. The summed E-state index contributed by atoms with van der Waals surface area (Å²) in [6, 6.07) is 1.20. The van der Waals surface area contributed by atoms with Crippen LogP contribution in [0.4, 0.5) is 0 Å². The fraction of sp³-hybridized carbons (Fsp3) is 1.00. The van der Waals surface area contributed by atoms with Crippen LogP contribution in [0.3, 0.4) is 0 Å². The smallest absolute Gasteiger partial charge is 0.00957 e. The lowest BCUT2D eigenvalue weighted by atomic mass is 9.96. The lowest BCUT2D eigenvalue weighted by Gasteiger charge is -2.35. The molecule has 0 aromatic carbocycles. The number of rotatable bonds is 4. The van der Waals surface area contributed by atoms with Gasteiger partial charge in [0.25, 0.3) is 0 Å². The standard InChI is InChI=1S/C11H24N2/c1-3-13-9-5-4-6-11(13)8-7-10(2)12/h10-11H,3-9,12H2,1-2H3. The average Bonchev–Trinajstić information content (AvgIpc) is 2.15. The molecule has 0 aliphatic carbocycles. The molecule has 0 bridgehead atoms. The molecule has 0 radical (unpaired) electrons. The Kier molecular flexibility index (Phi) is 4.74. The molecule has 0 amide bonds. The van der Waals surface area contributed by atoms with E-state index < -0.39 is 0 Å². The Morgan fingerprint density at radius 1 is 1.46 bits per heavy atom. The van der Waals surface area contributed by atoms with Crippen molar-refractivity contribution in [1.29, 1.82) is 0 Å². The molecule has 0 spiro atoms. The molecule has 1 heterocycles. The maximum Gasteiger partial charge on any atom is 0.00957 e. The van der Waals surface area contributed by atoms with Gasteiger partial charge in [0.05, 0.1) is 0 Å². The summed E-state index contributed by atoms with van der Waals surface area (Å²) < 4.78 is 0. The van der Waals surface area contributed by atoms with E-state index in [4.69, 9.17) is 5.73 Å². The zero-order chi connectivity index (χ0) is 9.68. The van der Waals surface area contributed by atoms with Crippen molar-refractivity contribution in [3.05, 3.63) is 0 Å². The summed E-state index contributed by atoms with van der Waals surface area (Å²) in [7, 11) is 0. The molecule has 2 N–H and O–H groups in total. The number of piperidine rings is 1. The first-order chi connectivity index (χ1) is 6.24. The molecule has 2 atom stereocenters. The van der Waals surface area contributed by atoms with Crippen LogP contribution in [0.2, 0.25) is 0 Å². The summed E-state index contributed by atoms with van der Waals surface area (Å²) >= 11 is 0. The van der Waals surface area contributed by atoms with Crippen LogP contribution in [-0.4, -0.2) is 30.1 Å². The Morgan fingerprint density at radius 3 is 2.85 bits per heavy atom. The van der Waals surface area contributed by atoms with E-state index in [0.717, 1.165) is 6.04 Å². The van der Waals surface area contributed by atoms with Gasteiger partial charge in [-0.1, -0.05) is 13.3 Å². The second-order valence-electron chi connectivity index (χ2n) is 4.33. The third-order valence-corrected chi connectivity index (χ3v) is 3.11. The van der Waals surface area contributed by atoms with Crippen LogP contribution >= 0.6 is 0 Å². The maximum atomic E-state index is 5.78. The zero-order valence-electron chi connectivity index (χ0n) is 9.13. The molecule has 13 heavy (non-hydrogen) atoms. The molecule has 0 aromatic heterocycles. The second-order valence-corrected chi connectivity index (χ2v) is 4.33. The van der Waals surface area contributed by atoms with E-state index in [1.54, 1.807) is 0 Å². The third-order valence-electron chi connectivity index (χ3n) is 3.11. The Balaban J connectivity index is 2.27. The molecule has 78 valence electrons. The van der Waals surface area contributed by atoms with Crippen molar-refractivity contribution in [1.82, 2.24) is 4.90 Å². The van der Waals surface area contributed by atoms with E-state index >= 15 is 0 Å². The molecule has 1 aliphatic heterocycles. The molecule has 0 saturated carbocycles.